The van der Waals surface area contributed by atoms with E-state index in [1.807, 2.05) is 11.8 Å². The van der Waals surface area contributed by atoms with E-state index in [2.05, 4.69) is 37.8 Å². The fourth-order valence-electron chi connectivity index (χ4n) is 1.43. The number of thioether (sulfide) groups is 1. The third-order valence-corrected chi connectivity index (χ3v) is 2.87. The summed E-state index contributed by atoms with van der Waals surface area (Å²) < 4.78 is 0. The first kappa shape index (κ1) is 14.5. The number of aryl methyl sites for hydroxylation is 2. The van der Waals surface area contributed by atoms with Gasteiger partial charge in [-0.05, 0) is 26.5 Å². The zero-order valence-electron chi connectivity index (χ0n) is 9.92. The molecule has 1 rings (SSSR count). The molecule has 0 saturated heterocycles. The number of benzene rings is 1. The second-order valence-corrected chi connectivity index (χ2v) is 4.44. The second kappa shape index (κ2) is 8.77. The molecule has 0 unspecified atom stereocenters. The van der Waals surface area contributed by atoms with Crippen molar-refractivity contribution >= 4 is 11.8 Å². The van der Waals surface area contributed by atoms with Gasteiger partial charge in [0.2, 0.25) is 0 Å². The molecule has 0 saturated carbocycles. The lowest BCUT2D eigenvalue weighted by Crippen LogP contribution is -2.01. The molecular formula is C12H22N2S. The first-order valence-corrected chi connectivity index (χ1v) is 6.30. The van der Waals surface area contributed by atoms with Crippen LogP contribution in [0.2, 0.25) is 0 Å². The average molecular weight is 226 g/mol. The van der Waals surface area contributed by atoms with Crippen molar-refractivity contribution in [3.05, 3.63) is 34.9 Å². The highest BCUT2D eigenvalue weighted by atomic mass is 32.2. The summed E-state index contributed by atoms with van der Waals surface area (Å²) in [6.45, 7) is 5.06. The van der Waals surface area contributed by atoms with Crippen LogP contribution < -0.4 is 11.5 Å². The number of hydrogen-bond acceptors (Lipinski definition) is 3. The Morgan fingerprint density at radius 3 is 2.07 bits per heavy atom. The first-order valence-electron chi connectivity index (χ1n) is 5.15. The molecule has 0 spiro atoms. The van der Waals surface area contributed by atoms with Crippen LogP contribution in [0, 0.1) is 13.8 Å². The van der Waals surface area contributed by atoms with Gasteiger partial charge in [0.15, 0.2) is 0 Å². The van der Waals surface area contributed by atoms with Crippen LogP contribution in [0.5, 0.6) is 0 Å². The molecule has 15 heavy (non-hydrogen) atoms. The second-order valence-electron chi connectivity index (χ2n) is 3.34. The molecule has 1 aromatic carbocycles. The van der Waals surface area contributed by atoms with Crippen LogP contribution >= 0.6 is 11.8 Å². The van der Waals surface area contributed by atoms with Gasteiger partial charge in [-0.25, -0.2) is 0 Å². The lowest BCUT2D eigenvalue weighted by atomic mass is 10.1. The van der Waals surface area contributed by atoms with Gasteiger partial charge >= 0.3 is 0 Å². The van der Waals surface area contributed by atoms with Crippen molar-refractivity contribution in [2.24, 2.45) is 11.5 Å². The van der Waals surface area contributed by atoms with Gasteiger partial charge in [-0.3, -0.25) is 0 Å². The Morgan fingerprint density at radius 1 is 1.07 bits per heavy atom. The van der Waals surface area contributed by atoms with Crippen LogP contribution in [0.3, 0.4) is 0 Å². The SMILES string of the molecule is CN.Cc1cc(C)cc(CSCCN)c1. The molecule has 3 heteroatoms. The third kappa shape index (κ3) is 6.55. The lowest BCUT2D eigenvalue weighted by molar-refractivity contribution is 1.15. The monoisotopic (exact) mass is 226 g/mol. The van der Waals surface area contributed by atoms with E-state index in [-0.39, 0.29) is 0 Å². The van der Waals surface area contributed by atoms with Crippen molar-refractivity contribution in [1.82, 2.24) is 0 Å². The maximum Gasteiger partial charge on any atom is 0.0185 e. The summed E-state index contributed by atoms with van der Waals surface area (Å²) in [5.74, 6) is 2.13. The highest BCUT2D eigenvalue weighted by Crippen LogP contribution is 2.15. The van der Waals surface area contributed by atoms with Gasteiger partial charge in [0, 0.05) is 18.1 Å². The van der Waals surface area contributed by atoms with Crippen LogP contribution in [0.25, 0.3) is 0 Å². The molecule has 1 aromatic rings. The summed E-state index contributed by atoms with van der Waals surface area (Å²) in [6.07, 6.45) is 0. The molecule has 0 aliphatic rings. The fraction of sp³-hybridized carbons (Fsp3) is 0.500. The minimum Gasteiger partial charge on any atom is -0.333 e. The van der Waals surface area contributed by atoms with Gasteiger partial charge in [-0.15, -0.1) is 0 Å². The van der Waals surface area contributed by atoms with Gasteiger partial charge < -0.3 is 11.5 Å². The van der Waals surface area contributed by atoms with Gasteiger partial charge in [-0.1, -0.05) is 29.3 Å². The summed E-state index contributed by atoms with van der Waals surface area (Å²) in [6, 6.07) is 6.70. The van der Waals surface area contributed by atoms with Crippen molar-refractivity contribution in [2.45, 2.75) is 19.6 Å². The molecule has 2 nitrogen and oxygen atoms in total. The van der Waals surface area contributed by atoms with E-state index in [0.29, 0.717) is 0 Å². The maximum atomic E-state index is 5.43. The Labute approximate surface area is 97.4 Å². The molecule has 86 valence electrons. The van der Waals surface area contributed by atoms with E-state index < -0.39 is 0 Å². The Kier molecular flexibility index (Phi) is 8.47. The Hall–Kier alpha value is -0.510. The Bertz CT molecular complexity index is 254. The van der Waals surface area contributed by atoms with Crippen LogP contribution in [0.15, 0.2) is 18.2 Å². The van der Waals surface area contributed by atoms with Gasteiger partial charge in [0.05, 0.1) is 0 Å². The zero-order chi connectivity index (χ0) is 11.7. The quantitative estimate of drug-likeness (QED) is 0.773. The predicted molar refractivity (Wildman–Crippen MR) is 71.2 cm³/mol. The van der Waals surface area contributed by atoms with Crippen molar-refractivity contribution in [1.29, 1.82) is 0 Å². The molecule has 0 aliphatic heterocycles. The number of nitrogens with two attached hydrogens (primary N) is 2. The fourth-order valence-corrected chi connectivity index (χ4v) is 2.14. The van der Waals surface area contributed by atoms with Crippen LogP contribution in [-0.2, 0) is 5.75 Å². The third-order valence-electron chi connectivity index (χ3n) is 1.81. The van der Waals surface area contributed by atoms with E-state index in [0.717, 1.165) is 18.1 Å². The first-order chi connectivity index (χ1) is 7.22. The van der Waals surface area contributed by atoms with E-state index in [1.54, 1.807) is 0 Å². The van der Waals surface area contributed by atoms with Gasteiger partial charge in [0.1, 0.15) is 0 Å². The van der Waals surface area contributed by atoms with Crippen LogP contribution in [0.4, 0.5) is 0 Å². The van der Waals surface area contributed by atoms with Crippen molar-refractivity contribution in [3.63, 3.8) is 0 Å². The number of rotatable bonds is 4. The van der Waals surface area contributed by atoms with E-state index >= 15 is 0 Å². The summed E-state index contributed by atoms with van der Waals surface area (Å²) in [7, 11) is 1.50. The zero-order valence-corrected chi connectivity index (χ0v) is 10.7. The summed E-state index contributed by atoms with van der Waals surface area (Å²) in [5, 5.41) is 0. The minimum absolute atomic E-state index is 0.773. The van der Waals surface area contributed by atoms with E-state index in [9.17, 15) is 0 Å². The highest BCUT2D eigenvalue weighted by Gasteiger charge is 1.95. The van der Waals surface area contributed by atoms with Crippen molar-refractivity contribution in [3.8, 4) is 0 Å². The lowest BCUT2D eigenvalue weighted by Gasteiger charge is -2.03. The Balaban J connectivity index is 0.000000921. The smallest absolute Gasteiger partial charge is 0.0185 e. The topological polar surface area (TPSA) is 52.0 Å². The van der Waals surface area contributed by atoms with Crippen molar-refractivity contribution in [2.75, 3.05) is 19.3 Å². The average Bonchev–Trinajstić information content (AvgIpc) is 2.20. The van der Waals surface area contributed by atoms with E-state index in [1.165, 1.54) is 23.7 Å². The van der Waals surface area contributed by atoms with Crippen LogP contribution in [-0.4, -0.2) is 19.3 Å². The van der Waals surface area contributed by atoms with Gasteiger partial charge in [0.25, 0.3) is 0 Å². The predicted octanol–water partition coefficient (Wildman–Crippen LogP) is 2.07. The standard InChI is InChI=1S/C11H17NS.CH5N/c1-9-5-10(2)7-11(6-9)8-13-4-3-12;1-2/h5-7H,3-4,8,12H2,1-2H3;2H2,1H3. The summed E-state index contributed by atoms with van der Waals surface area (Å²) in [5.41, 5.74) is 14.0. The molecule has 0 amide bonds. The molecular weight excluding hydrogens is 204 g/mol. The molecule has 4 N–H and O–H groups in total. The number of hydrogen-bond donors (Lipinski definition) is 2. The van der Waals surface area contributed by atoms with Gasteiger partial charge in [-0.2, -0.15) is 11.8 Å². The molecule has 0 heterocycles. The maximum absolute atomic E-state index is 5.43. The summed E-state index contributed by atoms with van der Waals surface area (Å²) in [4.78, 5) is 0. The molecule has 0 atom stereocenters. The Morgan fingerprint density at radius 2 is 1.60 bits per heavy atom. The summed E-state index contributed by atoms with van der Waals surface area (Å²) >= 11 is 1.90. The molecule has 0 aromatic heterocycles. The normalized spacial score (nSPS) is 9.40. The minimum atomic E-state index is 0.773. The largest absolute Gasteiger partial charge is 0.333 e. The molecule has 0 radical (unpaired) electrons. The van der Waals surface area contributed by atoms with Crippen molar-refractivity contribution < 1.29 is 0 Å². The molecule has 0 bridgehead atoms. The molecule has 0 fully saturated rings. The van der Waals surface area contributed by atoms with Crippen LogP contribution in [0.1, 0.15) is 16.7 Å². The highest BCUT2D eigenvalue weighted by molar-refractivity contribution is 7.98. The van der Waals surface area contributed by atoms with E-state index in [4.69, 9.17) is 5.73 Å². The molecule has 0 aliphatic carbocycles.